The minimum absolute atomic E-state index is 0.0428. The van der Waals surface area contributed by atoms with Gasteiger partial charge in [-0.2, -0.15) is 0 Å². The molecule has 1 atom stereocenters. The van der Waals surface area contributed by atoms with Crippen molar-refractivity contribution in [2.24, 2.45) is 0 Å². The zero-order chi connectivity index (χ0) is 18.6. The fourth-order valence-electron chi connectivity index (χ4n) is 2.93. The normalized spacial score (nSPS) is 16.3. The van der Waals surface area contributed by atoms with Crippen LogP contribution in [0.3, 0.4) is 0 Å². The van der Waals surface area contributed by atoms with Gasteiger partial charge in [0.05, 0.1) is 6.54 Å². The molecule has 0 spiro atoms. The summed E-state index contributed by atoms with van der Waals surface area (Å²) in [4.78, 5) is 18.7. The van der Waals surface area contributed by atoms with E-state index in [0.29, 0.717) is 35.3 Å². The van der Waals surface area contributed by atoms with E-state index in [4.69, 9.17) is 9.47 Å². The largest absolute Gasteiger partial charge is 0.465 e. The van der Waals surface area contributed by atoms with Crippen molar-refractivity contribution in [1.82, 2.24) is 9.88 Å². The number of hydrogen-bond acceptors (Lipinski definition) is 5. The molecule has 2 aromatic carbocycles. The third-order valence-corrected chi connectivity index (χ3v) is 4.90. The molecular formula is C20H17FN2O3S. The average molecular weight is 384 g/mol. The van der Waals surface area contributed by atoms with E-state index in [2.05, 4.69) is 4.98 Å². The van der Waals surface area contributed by atoms with Crippen molar-refractivity contribution >= 4 is 17.2 Å². The quantitative estimate of drug-likeness (QED) is 0.656. The Labute approximate surface area is 160 Å². The van der Waals surface area contributed by atoms with Gasteiger partial charge in [-0.05, 0) is 42.5 Å². The van der Waals surface area contributed by atoms with E-state index in [-0.39, 0.29) is 17.8 Å². The van der Waals surface area contributed by atoms with Crippen LogP contribution in [0, 0.1) is 5.82 Å². The summed E-state index contributed by atoms with van der Waals surface area (Å²) in [7, 11) is 0. The van der Waals surface area contributed by atoms with Crippen LogP contribution in [0.5, 0.6) is 16.7 Å². The molecule has 1 aromatic heterocycles. The highest BCUT2D eigenvalue weighted by Gasteiger charge is 2.29. The van der Waals surface area contributed by atoms with Gasteiger partial charge in [-0.25, -0.2) is 9.37 Å². The Balaban J connectivity index is 1.41. The van der Waals surface area contributed by atoms with E-state index in [0.717, 1.165) is 6.42 Å². The average Bonchev–Trinajstić information content (AvgIpc) is 3.36. The van der Waals surface area contributed by atoms with Gasteiger partial charge < -0.3 is 14.4 Å². The number of likely N-dealkylation sites (tertiary alicyclic amines) is 1. The number of nitrogens with zero attached hydrogens (tertiary/aromatic N) is 2. The molecule has 1 saturated heterocycles. The highest BCUT2D eigenvalue weighted by Crippen LogP contribution is 2.25. The number of amides is 1. The van der Waals surface area contributed by atoms with Crippen LogP contribution >= 0.6 is 11.3 Å². The van der Waals surface area contributed by atoms with Crippen molar-refractivity contribution in [3.8, 4) is 16.7 Å². The topological polar surface area (TPSA) is 51.7 Å². The van der Waals surface area contributed by atoms with Gasteiger partial charge in [0.2, 0.25) is 0 Å². The Hall–Kier alpha value is -2.93. The number of benzene rings is 2. The summed E-state index contributed by atoms with van der Waals surface area (Å²) in [6.45, 7) is 1.17. The fourth-order valence-corrected chi connectivity index (χ4v) is 3.49. The van der Waals surface area contributed by atoms with E-state index < -0.39 is 0 Å². The highest BCUT2D eigenvalue weighted by molar-refractivity contribution is 7.11. The second-order valence-electron chi connectivity index (χ2n) is 6.16. The predicted molar refractivity (Wildman–Crippen MR) is 100.0 cm³/mol. The van der Waals surface area contributed by atoms with Gasteiger partial charge >= 0.3 is 0 Å². The summed E-state index contributed by atoms with van der Waals surface area (Å²) in [5.41, 5.74) is 0.546. The van der Waals surface area contributed by atoms with Crippen molar-refractivity contribution in [3.63, 3.8) is 0 Å². The number of rotatable bonds is 5. The molecule has 27 heavy (non-hydrogen) atoms. The molecule has 0 saturated carbocycles. The zero-order valence-electron chi connectivity index (χ0n) is 14.4. The van der Waals surface area contributed by atoms with Crippen molar-refractivity contribution in [3.05, 3.63) is 71.5 Å². The monoisotopic (exact) mass is 384 g/mol. The Bertz CT molecular complexity index is 915. The predicted octanol–water partition coefficient (Wildman–Crippen LogP) is 4.37. The number of halogens is 1. The van der Waals surface area contributed by atoms with Gasteiger partial charge in [0, 0.05) is 30.1 Å². The molecule has 0 bridgehead atoms. The summed E-state index contributed by atoms with van der Waals surface area (Å²) >= 11 is 1.44. The van der Waals surface area contributed by atoms with E-state index in [1.54, 1.807) is 47.5 Å². The van der Waals surface area contributed by atoms with Crippen molar-refractivity contribution in [2.45, 2.75) is 12.5 Å². The van der Waals surface area contributed by atoms with Crippen LogP contribution in [0.25, 0.3) is 0 Å². The van der Waals surface area contributed by atoms with Crippen LogP contribution in [0.15, 0.2) is 60.1 Å². The Morgan fingerprint density at radius 1 is 1.19 bits per heavy atom. The van der Waals surface area contributed by atoms with Crippen LogP contribution in [-0.4, -0.2) is 35.0 Å². The van der Waals surface area contributed by atoms with Crippen LogP contribution < -0.4 is 9.47 Å². The standard InChI is InChI=1S/C20H17FN2O3S/c21-15-4-6-16(7-5-15)25-17-3-1-2-14(12-17)19(24)23-10-8-18(13-23)26-20-22-9-11-27-20/h1-7,9,11-12,18H,8,10,13H2. The van der Waals surface area contributed by atoms with E-state index in [9.17, 15) is 9.18 Å². The number of carbonyl (C=O) groups is 1. The van der Waals surface area contributed by atoms with Gasteiger partial charge in [-0.1, -0.05) is 17.4 Å². The Morgan fingerprint density at radius 2 is 2.04 bits per heavy atom. The molecule has 1 amide bonds. The molecule has 2 heterocycles. The van der Waals surface area contributed by atoms with Crippen molar-refractivity contribution in [1.29, 1.82) is 0 Å². The molecule has 0 radical (unpaired) electrons. The minimum atomic E-state index is -0.324. The lowest BCUT2D eigenvalue weighted by atomic mass is 10.2. The molecule has 1 fully saturated rings. The SMILES string of the molecule is O=C(c1cccc(Oc2ccc(F)cc2)c1)N1CCC(Oc2nccs2)C1. The third-order valence-electron chi connectivity index (χ3n) is 4.24. The molecule has 1 aliphatic rings. The molecule has 0 aliphatic carbocycles. The Morgan fingerprint density at radius 3 is 2.81 bits per heavy atom. The molecule has 138 valence electrons. The fraction of sp³-hybridized carbons (Fsp3) is 0.200. The molecule has 1 aliphatic heterocycles. The molecule has 3 aromatic rings. The van der Waals surface area contributed by atoms with Crippen LogP contribution in [0.2, 0.25) is 0 Å². The van der Waals surface area contributed by atoms with E-state index in [1.807, 2.05) is 5.38 Å². The first kappa shape index (κ1) is 17.5. The van der Waals surface area contributed by atoms with Gasteiger partial charge in [0.15, 0.2) is 0 Å². The lowest BCUT2D eigenvalue weighted by Crippen LogP contribution is -2.30. The second kappa shape index (κ2) is 7.75. The summed E-state index contributed by atoms with van der Waals surface area (Å²) < 4.78 is 24.5. The second-order valence-corrected chi connectivity index (χ2v) is 7.02. The van der Waals surface area contributed by atoms with E-state index in [1.165, 1.54) is 23.5 Å². The maximum Gasteiger partial charge on any atom is 0.273 e. The number of aromatic nitrogens is 1. The molecule has 1 unspecified atom stereocenters. The summed E-state index contributed by atoms with van der Waals surface area (Å²) in [5.74, 6) is 0.654. The van der Waals surface area contributed by atoms with Crippen molar-refractivity contribution in [2.75, 3.05) is 13.1 Å². The molecule has 4 rings (SSSR count). The number of ether oxygens (including phenoxy) is 2. The molecule has 5 nitrogen and oxygen atoms in total. The van der Waals surface area contributed by atoms with Gasteiger partial charge in [-0.3, -0.25) is 4.79 Å². The molecule has 0 N–H and O–H groups in total. The summed E-state index contributed by atoms with van der Waals surface area (Å²) in [5, 5.41) is 2.49. The Kier molecular flexibility index (Phi) is 5.02. The first-order chi connectivity index (χ1) is 13.2. The first-order valence-electron chi connectivity index (χ1n) is 8.56. The first-order valence-corrected chi connectivity index (χ1v) is 9.44. The number of hydrogen-bond donors (Lipinski definition) is 0. The van der Waals surface area contributed by atoms with Gasteiger partial charge in [-0.15, -0.1) is 0 Å². The lowest BCUT2D eigenvalue weighted by Gasteiger charge is -2.17. The van der Waals surface area contributed by atoms with Gasteiger partial charge in [0.1, 0.15) is 23.4 Å². The molecule has 7 heteroatoms. The van der Waals surface area contributed by atoms with Crippen molar-refractivity contribution < 1.29 is 18.7 Å². The lowest BCUT2D eigenvalue weighted by molar-refractivity contribution is 0.0772. The minimum Gasteiger partial charge on any atom is -0.465 e. The number of thiazole rings is 1. The molecular weight excluding hydrogens is 367 g/mol. The zero-order valence-corrected chi connectivity index (χ0v) is 15.2. The van der Waals surface area contributed by atoms with Gasteiger partial charge in [0.25, 0.3) is 11.1 Å². The summed E-state index contributed by atoms with van der Waals surface area (Å²) in [6, 6.07) is 12.7. The maximum absolute atomic E-state index is 13.0. The summed E-state index contributed by atoms with van der Waals surface area (Å²) in [6.07, 6.45) is 2.43. The maximum atomic E-state index is 13.0. The third kappa shape index (κ3) is 4.25. The highest BCUT2D eigenvalue weighted by atomic mass is 32.1. The number of carbonyl (C=O) groups excluding carboxylic acids is 1. The van der Waals surface area contributed by atoms with Crippen LogP contribution in [0.4, 0.5) is 4.39 Å². The van der Waals surface area contributed by atoms with E-state index >= 15 is 0 Å². The van der Waals surface area contributed by atoms with Crippen LogP contribution in [-0.2, 0) is 0 Å². The smallest absolute Gasteiger partial charge is 0.273 e. The van der Waals surface area contributed by atoms with Crippen LogP contribution in [0.1, 0.15) is 16.8 Å².